The van der Waals surface area contributed by atoms with Crippen LogP contribution in [-0.4, -0.2) is 34.4 Å². The van der Waals surface area contributed by atoms with Crippen molar-refractivity contribution in [1.82, 2.24) is 15.5 Å². The lowest BCUT2D eigenvalue weighted by Crippen LogP contribution is -2.39. The Morgan fingerprint density at radius 3 is 3.14 bits per heavy atom. The number of carboxylic acids is 1. The van der Waals surface area contributed by atoms with Crippen molar-refractivity contribution in [2.75, 3.05) is 13.1 Å². The summed E-state index contributed by atoms with van der Waals surface area (Å²) in [7, 11) is 0. The first kappa shape index (κ1) is 9.21. The van der Waals surface area contributed by atoms with E-state index >= 15 is 0 Å². The van der Waals surface area contributed by atoms with E-state index in [1.54, 1.807) is 12.4 Å². The molecule has 2 unspecified atom stereocenters. The van der Waals surface area contributed by atoms with Crippen molar-refractivity contribution >= 4 is 5.97 Å². The molecule has 76 valence electrons. The van der Waals surface area contributed by atoms with Crippen LogP contribution in [0.5, 0.6) is 0 Å². The number of aliphatic carboxylic acids is 1. The Morgan fingerprint density at radius 1 is 1.64 bits per heavy atom. The average molecular weight is 195 g/mol. The Hall–Kier alpha value is -1.36. The van der Waals surface area contributed by atoms with Crippen molar-refractivity contribution in [2.45, 2.75) is 12.3 Å². The van der Waals surface area contributed by atoms with E-state index in [0.29, 0.717) is 6.54 Å². The summed E-state index contributed by atoms with van der Waals surface area (Å²) in [6.07, 6.45) is 4.36. The summed E-state index contributed by atoms with van der Waals surface area (Å²) in [6.45, 7) is 1.42. The van der Waals surface area contributed by atoms with Crippen LogP contribution >= 0.6 is 0 Å². The van der Waals surface area contributed by atoms with Gasteiger partial charge in [0.05, 0.1) is 12.1 Å². The Bertz CT molecular complexity index is 310. The number of H-pyrrole nitrogens is 1. The van der Waals surface area contributed by atoms with Gasteiger partial charge in [0.25, 0.3) is 0 Å². The van der Waals surface area contributed by atoms with Crippen LogP contribution in [0.1, 0.15) is 17.9 Å². The molecule has 1 aromatic rings. The summed E-state index contributed by atoms with van der Waals surface area (Å²) in [5, 5.41) is 18.7. The summed E-state index contributed by atoms with van der Waals surface area (Å²) in [6, 6.07) is 0. The van der Waals surface area contributed by atoms with Gasteiger partial charge in [-0.3, -0.25) is 9.89 Å². The molecule has 0 spiro atoms. The molecule has 14 heavy (non-hydrogen) atoms. The van der Waals surface area contributed by atoms with E-state index in [2.05, 4.69) is 15.5 Å². The molecule has 1 fully saturated rings. The molecule has 3 N–H and O–H groups in total. The molecule has 2 rings (SSSR count). The molecule has 1 saturated heterocycles. The number of nitrogens with one attached hydrogen (secondary N) is 2. The summed E-state index contributed by atoms with van der Waals surface area (Å²) in [5.41, 5.74) is 0.999. The van der Waals surface area contributed by atoms with E-state index in [1.165, 1.54) is 0 Å². The minimum atomic E-state index is -0.733. The first-order valence-electron chi connectivity index (χ1n) is 4.71. The second kappa shape index (κ2) is 3.79. The second-order valence-corrected chi connectivity index (χ2v) is 3.58. The molecular weight excluding hydrogens is 182 g/mol. The standard InChI is InChI=1S/C9H13N3O2/c13-9(14)8-5-10-2-1-7(8)6-3-11-12-4-6/h3-4,7-8,10H,1-2,5H2,(H,11,12)(H,13,14). The summed E-state index contributed by atoms with van der Waals surface area (Å²) >= 11 is 0. The third-order valence-corrected chi connectivity index (χ3v) is 2.75. The molecule has 2 atom stereocenters. The van der Waals surface area contributed by atoms with Crippen LogP contribution in [-0.2, 0) is 4.79 Å². The summed E-state index contributed by atoms with van der Waals surface area (Å²) in [5.74, 6) is -0.975. The van der Waals surface area contributed by atoms with Gasteiger partial charge in [0.15, 0.2) is 0 Å². The van der Waals surface area contributed by atoms with Crippen LogP contribution in [0.4, 0.5) is 0 Å². The number of hydrogen-bond donors (Lipinski definition) is 3. The molecule has 5 nitrogen and oxygen atoms in total. The second-order valence-electron chi connectivity index (χ2n) is 3.58. The van der Waals surface area contributed by atoms with Gasteiger partial charge in [-0.05, 0) is 18.5 Å². The zero-order chi connectivity index (χ0) is 9.97. The van der Waals surface area contributed by atoms with Crippen molar-refractivity contribution in [2.24, 2.45) is 5.92 Å². The van der Waals surface area contributed by atoms with Crippen LogP contribution in [0, 0.1) is 5.92 Å². The van der Waals surface area contributed by atoms with Crippen molar-refractivity contribution < 1.29 is 9.90 Å². The molecule has 2 heterocycles. The monoisotopic (exact) mass is 195 g/mol. The minimum Gasteiger partial charge on any atom is -0.481 e. The molecule has 1 aliphatic heterocycles. The average Bonchev–Trinajstić information content (AvgIpc) is 2.70. The van der Waals surface area contributed by atoms with Gasteiger partial charge < -0.3 is 10.4 Å². The van der Waals surface area contributed by atoms with Crippen molar-refractivity contribution in [3.05, 3.63) is 18.0 Å². The smallest absolute Gasteiger partial charge is 0.308 e. The highest BCUT2D eigenvalue weighted by Crippen LogP contribution is 2.29. The van der Waals surface area contributed by atoms with Gasteiger partial charge in [-0.15, -0.1) is 0 Å². The largest absolute Gasteiger partial charge is 0.481 e. The third-order valence-electron chi connectivity index (χ3n) is 2.75. The maximum absolute atomic E-state index is 11.0. The first-order chi connectivity index (χ1) is 6.79. The van der Waals surface area contributed by atoms with Gasteiger partial charge in [-0.25, -0.2) is 0 Å². The number of rotatable bonds is 2. The fraction of sp³-hybridized carbons (Fsp3) is 0.556. The molecule has 0 aromatic carbocycles. The Morgan fingerprint density at radius 2 is 2.50 bits per heavy atom. The lowest BCUT2D eigenvalue weighted by atomic mass is 9.82. The van der Waals surface area contributed by atoms with E-state index in [1.807, 2.05) is 0 Å². The number of piperidine rings is 1. The maximum atomic E-state index is 11.0. The highest BCUT2D eigenvalue weighted by molar-refractivity contribution is 5.71. The Balaban J connectivity index is 2.18. The number of aromatic amines is 1. The molecule has 0 radical (unpaired) electrons. The molecule has 5 heteroatoms. The predicted molar refractivity (Wildman–Crippen MR) is 49.9 cm³/mol. The van der Waals surface area contributed by atoms with Gasteiger partial charge >= 0.3 is 5.97 Å². The molecule has 0 bridgehead atoms. The molecular formula is C9H13N3O2. The van der Waals surface area contributed by atoms with Crippen LogP contribution < -0.4 is 5.32 Å². The van der Waals surface area contributed by atoms with Gasteiger partial charge in [-0.2, -0.15) is 5.10 Å². The lowest BCUT2D eigenvalue weighted by Gasteiger charge is -2.28. The van der Waals surface area contributed by atoms with Gasteiger partial charge in [0.2, 0.25) is 0 Å². The maximum Gasteiger partial charge on any atom is 0.308 e. The minimum absolute atomic E-state index is 0.0903. The summed E-state index contributed by atoms with van der Waals surface area (Å²) in [4.78, 5) is 11.0. The zero-order valence-electron chi connectivity index (χ0n) is 7.73. The highest BCUT2D eigenvalue weighted by Gasteiger charge is 2.32. The van der Waals surface area contributed by atoms with E-state index in [0.717, 1.165) is 18.5 Å². The van der Waals surface area contributed by atoms with Crippen LogP contribution in [0.25, 0.3) is 0 Å². The van der Waals surface area contributed by atoms with E-state index in [-0.39, 0.29) is 11.8 Å². The summed E-state index contributed by atoms with van der Waals surface area (Å²) < 4.78 is 0. The van der Waals surface area contributed by atoms with E-state index in [9.17, 15) is 4.79 Å². The molecule has 1 aliphatic rings. The SMILES string of the molecule is O=C(O)C1CNCCC1c1cn[nH]c1. The third kappa shape index (κ3) is 1.63. The fourth-order valence-corrected chi connectivity index (χ4v) is 1.98. The van der Waals surface area contributed by atoms with Crippen LogP contribution in [0.2, 0.25) is 0 Å². The number of carboxylic acid groups (broad SMARTS) is 1. The van der Waals surface area contributed by atoms with E-state index in [4.69, 9.17) is 5.11 Å². The van der Waals surface area contributed by atoms with Crippen molar-refractivity contribution in [3.8, 4) is 0 Å². The Labute approximate surface area is 81.5 Å². The quantitative estimate of drug-likeness (QED) is 0.629. The molecule has 0 aliphatic carbocycles. The number of hydrogen-bond acceptors (Lipinski definition) is 3. The molecule has 1 aromatic heterocycles. The lowest BCUT2D eigenvalue weighted by molar-refractivity contribution is -0.142. The highest BCUT2D eigenvalue weighted by atomic mass is 16.4. The van der Waals surface area contributed by atoms with Gasteiger partial charge in [0, 0.05) is 18.7 Å². The molecule has 0 amide bonds. The van der Waals surface area contributed by atoms with Crippen LogP contribution in [0.3, 0.4) is 0 Å². The number of carbonyl (C=O) groups is 1. The number of aromatic nitrogens is 2. The molecule has 0 saturated carbocycles. The zero-order valence-corrected chi connectivity index (χ0v) is 7.73. The fourth-order valence-electron chi connectivity index (χ4n) is 1.98. The van der Waals surface area contributed by atoms with Gasteiger partial charge in [-0.1, -0.05) is 0 Å². The Kier molecular flexibility index (Phi) is 2.49. The normalized spacial score (nSPS) is 27.4. The topological polar surface area (TPSA) is 78.0 Å². The van der Waals surface area contributed by atoms with Crippen LogP contribution in [0.15, 0.2) is 12.4 Å². The van der Waals surface area contributed by atoms with E-state index < -0.39 is 5.97 Å². The predicted octanol–water partition coefficient (Wildman–Crippen LogP) is 0.187. The van der Waals surface area contributed by atoms with Crippen molar-refractivity contribution in [1.29, 1.82) is 0 Å². The van der Waals surface area contributed by atoms with Crippen molar-refractivity contribution in [3.63, 3.8) is 0 Å². The number of nitrogens with zero attached hydrogens (tertiary/aromatic N) is 1. The van der Waals surface area contributed by atoms with Gasteiger partial charge in [0.1, 0.15) is 0 Å². The first-order valence-corrected chi connectivity index (χ1v) is 4.71.